The van der Waals surface area contributed by atoms with Gasteiger partial charge in [0.1, 0.15) is 6.33 Å². The van der Waals surface area contributed by atoms with Gasteiger partial charge < -0.3 is 5.32 Å². The zero-order valence-corrected chi connectivity index (χ0v) is 11.3. The summed E-state index contributed by atoms with van der Waals surface area (Å²) in [4.78, 5) is 8.93. The van der Waals surface area contributed by atoms with E-state index in [9.17, 15) is 0 Å². The van der Waals surface area contributed by atoms with Crippen LogP contribution in [-0.4, -0.2) is 16.5 Å². The summed E-state index contributed by atoms with van der Waals surface area (Å²) >= 11 is 0. The second-order valence-corrected chi connectivity index (χ2v) is 5.02. The van der Waals surface area contributed by atoms with Crippen molar-refractivity contribution in [1.29, 1.82) is 0 Å². The molecule has 1 aromatic carbocycles. The van der Waals surface area contributed by atoms with Crippen molar-refractivity contribution in [2.24, 2.45) is 0 Å². The van der Waals surface area contributed by atoms with Crippen LogP contribution in [0.3, 0.4) is 0 Å². The van der Waals surface area contributed by atoms with Crippen LogP contribution >= 0.6 is 0 Å². The Bertz CT molecular complexity index is 578. The fourth-order valence-corrected chi connectivity index (χ4v) is 2.68. The molecule has 2 heterocycles. The third kappa shape index (κ3) is 2.51. The number of hydrogen-bond donors (Lipinski definition) is 1. The summed E-state index contributed by atoms with van der Waals surface area (Å²) in [5, 5.41) is 3.41. The molecule has 0 radical (unpaired) electrons. The third-order valence-electron chi connectivity index (χ3n) is 3.61. The SMILES string of the molecule is CCCc1cccc(-c2ncnc3c2CNCC3)c1. The molecule has 3 nitrogen and oxygen atoms in total. The van der Waals surface area contributed by atoms with E-state index in [2.05, 4.69) is 46.5 Å². The van der Waals surface area contributed by atoms with E-state index in [0.717, 1.165) is 31.6 Å². The first kappa shape index (κ1) is 12.3. The molecule has 0 unspecified atom stereocenters. The van der Waals surface area contributed by atoms with Gasteiger partial charge in [-0.05, 0) is 18.1 Å². The number of rotatable bonds is 3. The molecule has 1 aliphatic rings. The molecule has 0 bridgehead atoms. The minimum atomic E-state index is 0.878. The molecule has 19 heavy (non-hydrogen) atoms. The van der Waals surface area contributed by atoms with E-state index in [1.165, 1.54) is 28.8 Å². The summed E-state index contributed by atoms with van der Waals surface area (Å²) in [6.45, 7) is 4.10. The second kappa shape index (κ2) is 5.49. The van der Waals surface area contributed by atoms with Crippen LogP contribution in [0, 0.1) is 0 Å². The van der Waals surface area contributed by atoms with Crippen molar-refractivity contribution in [3.63, 3.8) is 0 Å². The van der Waals surface area contributed by atoms with Gasteiger partial charge in [0.2, 0.25) is 0 Å². The van der Waals surface area contributed by atoms with Gasteiger partial charge in [-0.3, -0.25) is 0 Å². The number of nitrogens with zero attached hydrogens (tertiary/aromatic N) is 2. The summed E-state index contributed by atoms with van der Waals surface area (Å²) in [7, 11) is 0. The maximum atomic E-state index is 4.51. The number of fused-ring (bicyclic) bond motifs is 1. The quantitative estimate of drug-likeness (QED) is 0.914. The molecule has 0 amide bonds. The number of aryl methyl sites for hydroxylation is 1. The minimum absolute atomic E-state index is 0.878. The van der Waals surface area contributed by atoms with Gasteiger partial charge in [0.15, 0.2) is 0 Å². The first-order valence-electron chi connectivity index (χ1n) is 7.01. The number of hydrogen-bond acceptors (Lipinski definition) is 3. The van der Waals surface area contributed by atoms with E-state index < -0.39 is 0 Å². The lowest BCUT2D eigenvalue weighted by molar-refractivity contribution is 0.627. The molecular weight excluding hydrogens is 234 g/mol. The van der Waals surface area contributed by atoms with Crippen LogP contribution in [0.1, 0.15) is 30.2 Å². The van der Waals surface area contributed by atoms with Gasteiger partial charge in [-0.25, -0.2) is 9.97 Å². The summed E-state index contributed by atoms with van der Waals surface area (Å²) in [6.07, 6.45) is 5.00. The monoisotopic (exact) mass is 253 g/mol. The number of benzene rings is 1. The molecule has 1 aliphatic heterocycles. The van der Waals surface area contributed by atoms with Crippen molar-refractivity contribution in [2.75, 3.05) is 6.54 Å². The number of nitrogens with one attached hydrogen (secondary N) is 1. The molecule has 0 saturated carbocycles. The van der Waals surface area contributed by atoms with Crippen LogP contribution in [0.2, 0.25) is 0 Å². The maximum absolute atomic E-state index is 4.51. The largest absolute Gasteiger partial charge is 0.312 e. The summed E-state index contributed by atoms with van der Waals surface area (Å²) < 4.78 is 0. The van der Waals surface area contributed by atoms with Crippen molar-refractivity contribution in [3.05, 3.63) is 47.4 Å². The molecule has 2 aromatic rings. The van der Waals surface area contributed by atoms with Crippen molar-refractivity contribution in [3.8, 4) is 11.3 Å². The lowest BCUT2D eigenvalue weighted by Crippen LogP contribution is -2.25. The smallest absolute Gasteiger partial charge is 0.116 e. The second-order valence-electron chi connectivity index (χ2n) is 5.02. The van der Waals surface area contributed by atoms with Crippen LogP contribution in [0.15, 0.2) is 30.6 Å². The Hall–Kier alpha value is -1.74. The van der Waals surface area contributed by atoms with Crippen LogP contribution in [0.5, 0.6) is 0 Å². The molecule has 98 valence electrons. The summed E-state index contributed by atoms with van der Waals surface area (Å²) in [5.41, 5.74) is 6.16. The zero-order valence-electron chi connectivity index (χ0n) is 11.3. The zero-order chi connectivity index (χ0) is 13.1. The lowest BCUT2D eigenvalue weighted by atomic mass is 9.98. The van der Waals surface area contributed by atoms with Crippen LogP contribution < -0.4 is 5.32 Å². The lowest BCUT2D eigenvalue weighted by Gasteiger charge is -2.18. The highest BCUT2D eigenvalue weighted by atomic mass is 14.9. The fourth-order valence-electron chi connectivity index (χ4n) is 2.68. The summed E-state index contributed by atoms with van der Waals surface area (Å²) in [5.74, 6) is 0. The van der Waals surface area contributed by atoms with Crippen LogP contribution in [0.4, 0.5) is 0 Å². The Balaban J connectivity index is 2.04. The van der Waals surface area contributed by atoms with Gasteiger partial charge in [-0.15, -0.1) is 0 Å². The molecule has 0 saturated heterocycles. The van der Waals surface area contributed by atoms with Crippen LogP contribution in [-0.2, 0) is 19.4 Å². The van der Waals surface area contributed by atoms with Crippen molar-refractivity contribution >= 4 is 0 Å². The molecule has 3 rings (SSSR count). The molecule has 1 aromatic heterocycles. The van der Waals surface area contributed by atoms with E-state index in [1.54, 1.807) is 6.33 Å². The molecule has 0 aliphatic carbocycles. The van der Waals surface area contributed by atoms with Crippen molar-refractivity contribution in [1.82, 2.24) is 15.3 Å². The molecule has 1 N–H and O–H groups in total. The topological polar surface area (TPSA) is 37.8 Å². The Kier molecular flexibility index (Phi) is 3.56. The summed E-state index contributed by atoms with van der Waals surface area (Å²) in [6, 6.07) is 8.74. The van der Waals surface area contributed by atoms with Gasteiger partial charge in [0.25, 0.3) is 0 Å². The molecule has 0 spiro atoms. The molecular formula is C16H19N3. The third-order valence-corrected chi connectivity index (χ3v) is 3.61. The minimum Gasteiger partial charge on any atom is -0.312 e. The van der Waals surface area contributed by atoms with E-state index in [1.807, 2.05) is 0 Å². The maximum Gasteiger partial charge on any atom is 0.116 e. The average molecular weight is 253 g/mol. The van der Waals surface area contributed by atoms with Crippen molar-refractivity contribution in [2.45, 2.75) is 32.7 Å². The predicted octanol–water partition coefficient (Wildman–Crippen LogP) is 2.74. The predicted molar refractivity (Wildman–Crippen MR) is 76.9 cm³/mol. The van der Waals surface area contributed by atoms with Gasteiger partial charge in [-0.2, -0.15) is 0 Å². The van der Waals surface area contributed by atoms with Crippen molar-refractivity contribution < 1.29 is 0 Å². The van der Waals surface area contributed by atoms with Gasteiger partial charge in [0, 0.05) is 30.6 Å². The highest BCUT2D eigenvalue weighted by Crippen LogP contribution is 2.25. The highest BCUT2D eigenvalue weighted by molar-refractivity contribution is 5.64. The number of aromatic nitrogens is 2. The Morgan fingerprint density at radius 1 is 1.26 bits per heavy atom. The van der Waals surface area contributed by atoms with Gasteiger partial charge >= 0.3 is 0 Å². The van der Waals surface area contributed by atoms with E-state index in [-0.39, 0.29) is 0 Å². The molecule has 0 atom stereocenters. The highest BCUT2D eigenvalue weighted by Gasteiger charge is 2.16. The first-order chi connectivity index (χ1) is 9.38. The van der Waals surface area contributed by atoms with E-state index in [4.69, 9.17) is 0 Å². The fraction of sp³-hybridized carbons (Fsp3) is 0.375. The standard InChI is InChI=1S/C16H19N3/c1-2-4-12-5-3-6-13(9-12)16-14-10-17-8-7-15(14)18-11-19-16/h3,5-6,9,11,17H,2,4,7-8,10H2,1H3. The Labute approximate surface area is 114 Å². The molecule has 0 fully saturated rings. The molecule has 3 heteroatoms. The normalized spacial score (nSPS) is 14.2. The van der Waals surface area contributed by atoms with Gasteiger partial charge in [0.05, 0.1) is 11.4 Å². The Morgan fingerprint density at radius 3 is 3.11 bits per heavy atom. The Morgan fingerprint density at radius 2 is 2.21 bits per heavy atom. The van der Waals surface area contributed by atoms with E-state index in [0.29, 0.717) is 0 Å². The van der Waals surface area contributed by atoms with Gasteiger partial charge in [-0.1, -0.05) is 31.5 Å². The first-order valence-corrected chi connectivity index (χ1v) is 7.01. The van der Waals surface area contributed by atoms with E-state index >= 15 is 0 Å². The average Bonchev–Trinajstić information content (AvgIpc) is 2.47. The van der Waals surface area contributed by atoms with Crippen LogP contribution in [0.25, 0.3) is 11.3 Å².